The molecule has 0 atom stereocenters. The Kier molecular flexibility index (Phi) is 6.38. The Bertz CT molecular complexity index is 918. The van der Waals surface area contributed by atoms with E-state index in [0.29, 0.717) is 21.4 Å². The summed E-state index contributed by atoms with van der Waals surface area (Å²) in [4.78, 5) is 12.3. The molecule has 1 amide bonds. The topological polar surface area (TPSA) is 73.0 Å². The molecule has 0 radical (unpaired) electrons. The molecule has 1 aromatic carbocycles. The Morgan fingerprint density at radius 3 is 2.56 bits per heavy atom. The van der Waals surface area contributed by atoms with Gasteiger partial charge in [0, 0.05) is 11.7 Å². The highest BCUT2D eigenvalue weighted by molar-refractivity contribution is 9.10. The van der Waals surface area contributed by atoms with Crippen LogP contribution in [0.3, 0.4) is 0 Å². The van der Waals surface area contributed by atoms with Gasteiger partial charge in [-0.05, 0) is 66.0 Å². The van der Waals surface area contributed by atoms with Crippen LogP contribution < -0.4 is 5.32 Å². The van der Waals surface area contributed by atoms with Gasteiger partial charge in [-0.1, -0.05) is 30.8 Å². The molecule has 0 bridgehead atoms. The molecule has 27 heavy (non-hydrogen) atoms. The highest BCUT2D eigenvalue weighted by Gasteiger charge is 2.20. The lowest BCUT2D eigenvalue weighted by Crippen LogP contribution is -2.15. The maximum absolute atomic E-state index is 12.3. The summed E-state index contributed by atoms with van der Waals surface area (Å²) in [6.45, 7) is 6.19. The second-order valence-electron chi connectivity index (χ2n) is 6.26. The molecule has 6 nitrogen and oxygen atoms in total. The highest BCUT2D eigenvalue weighted by atomic mass is 79.9. The summed E-state index contributed by atoms with van der Waals surface area (Å²) in [7, 11) is 0. The summed E-state index contributed by atoms with van der Waals surface area (Å²) in [5, 5.41) is 12.1. The Labute approximate surface area is 170 Å². The van der Waals surface area contributed by atoms with Gasteiger partial charge >= 0.3 is 0 Å². The van der Waals surface area contributed by atoms with Crippen LogP contribution in [-0.4, -0.2) is 26.4 Å². The van der Waals surface area contributed by atoms with Crippen molar-refractivity contribution in [3.63, 3.8) is 0 Å². The first kappa shape index (κ1) is 19.7. The molecular weight excluding hydrogens is 428 g/mol. The van der Waals surface area contributed by atoms with Crippen LogP contribution >= 0.6 is 27.7 Å². The van der Waals surface area contributed by atoms with E-state index in [2.05, 4.69) is 38.4 Å². The van der Waals surface area contributed by atoms with Crippen LogP contribution in [0.2, 0.25) is 0 Å². The van der Waals surface area contributed by atoms with Crippen LogP contribution in [0.4, 0.5) is 5.69 Å². The van der Waals surface area contributed by atoms with E-state index in [1.165, 1.54) is 17.3 Å². The Morgan fingerprint density at radius 1 is 1.22 bits per heavy atom. The molecule has 0 aliphatic heterocycles. The predicted octanol–water partition coefficient (Wildman–Crippen LogP) is 5.17. The van der Waals surface area contributed by atoms with E-state index in [9.17, 15) is 4.79 Å². The minimum atomic E-state index is -0.0788. The fourth-order valence-corrected chi connectivity index (χ4v) is 3.77. The van der Waals surface area contributed by atoms with Crippen LogP contribution in [-0.2, 0) is 11.2 Å². The number of anilines is 1. The van der Waals surface area contributed by atoms with Gasteiger partial charge in [0.2, 0.25) is 11.7 Å². The van der Waals surface area contributed by atoms with Crippen molar-refractivity contribution in [2.24, 2.45) is 0 Å². The lowest BCUT2D eigenvalue weighted by Gasteiger charge is -2.12. The normalized spacial score (nSPS) is 11.1. The molecule has 2 aromatic heterocycles. The van der Waals surface area contributed by atoms with Crippen molar-refractivity contribution in [1.29, 1.82) is 0 Å². The number of halogens is 1. The molecule has 142 valence electrons. The lowest BCUT2D eigenvalue weighted by molar-refractivity contribution is -0.113. The van der Waals surface area contributed by atoms with Crippen molar-refractivity contribution in [1.82, 2.24) is 14.8 Å². The number of aromatic nitrogens is 3. The number of thioether (sulfide) groups is 1. The number of rotatable bonds is 7. The van der Waals surface area contributed by atoms with Gasteiger partial charge in [0.1, 0.15) is 0 Å². The van der Waals surface area contributed by atoms with Crippen LogP contribution in [0.5, 0.6) is 0 Å². The van der Waals surface area contributed by atoms with Crippen molar-refractivity contribution in [3.05, 3.63) is 46.6 Å². The molecule has 0 aliphatic rings. The average Bonchev–Trinajstić information content (AvgIpc) is 3.26. The number of nitrogens with zero attached hydrogens (tertiary/aromatic N) is 3. The zero-order chi connectivity index (χ0) is 19.4. The number of carbonyl (C=O) groups is 1. The van der Waals surface area contributed by atoms with Gasteiger partial charge in [-0.2, -0.15) is 0 Å². The van der Waals surface area contributed by atoms with Crippen molar-refractivity contribution >= 4 is 39.3 Å². The monoisotopic (exact) mass is 448 g/mol. The molecule has 0 saturated heterocycles. The van der Waals surface area contributed by atoms with Gasteiger partial charge < -0.3 is 9.73 Å². The molecular formula is C19H21BrN4O2S. The maximum Gasteiger partial charge on any atom is 0.234 e. The van der Waals surface area contributed by atoms with Crippen molar-refractivity contribution in [3.8, 4) is 11.6 Å². The second kappa shape index (κ2) is 8.75. The van der Waals surface area contributed by atoms with E-state index < -0.39 is 0 Å². The van der Waals surface area contributed by atoms with E-state index in [4.69, 9.17) is 4.42 Å². The zero-order valence-corrected chi connectivity index (χ0v) is 17.8. The summed E-state index contributed by atoms with van der Waals surface area (Å²) >= 11 is 4.66. The molecule has 8 heteroatoms. The highest BCUT2D eigenvalue weighted by Crippen LogP contribution is 2.30. The SMILES string of the molecule is CCc1ccc(NC(=O)CSc2nnc(-c3ccc(Br)o3)n2C(C)C)cc1. The minimum absolute atomic E-state index is 0.0788. The average molecular weight is 449 g/mol. The molecule has 1 N–H and O–H groups in total. The number of carbonyl (C=O) groups excluding carboxylic acids is 1. The fourth-order valence-electron chi connectivity index (χ4n) is 2.59. The molecule has 2 heterocycles. The minimum Gasteiger partial charge on any atom is -0.446 e. The molecule has 3 rings (SSSR count). The summed E-state index contributed by atoms with van der Waals surface area (Å²) in [6.07, 6.45) is 0.976. The maximum atomic E-state index is 12.3. The quantitative estimate of drug-likeness (QED) is 0.504. The smallest absolute Gasteiger partial charge is 0.234 e. The van der Waals surface area contributed by atoms with E-state index in [1.54, 1.807) is 0 Å². The molecule has 0 fully saturated rings. The third-order valence-corrected chi connectivity index (χ3v) is 5.32. The molecule has 3 aromatic rings. The molecule has 0 spiro atoms. The summed E-state index contributed by atoms with van der Waals surface area (Å²) in [6, 6.07) is 11.7. The summed E-state index contributed by atoms with van der Waals surface area (Å²) in [5.74, 6) is 1.45. The Hall–Kier alpha value is -2.06. The van der Waals surface area contributed by atoms with Crippen LogP contribution in [0, 0.1) is 0 Å². The van der Waals surface area contributed by atoms with Crippen molar-refractivity contribution in [2.45, 2.75) is 38.4 Å². The summed E-state index contributed by atoms with van der Waals surface area (Å²) < 4.78 is 8.21. The van der Waals surface area contributed by atoms with Gasteiger partial charge in [0.15, 0.2) is 15.6 Å². The first-order chi connectivity index (χ1) is 13.0. The number of nitrogens with one attached hydrogen (secondary N) is 1. The number of hydrogen-bond donors (Lipinski definition) is 1. The Morgan fingerprint density at radius 2 is 1.96 bits per heavy atom. The van der Waals surface area contributed by atoms with Crippen molar-refractivity contribution in [2.75, 3.05) is 11.1 Å². The first-order valence-electron chi connectivity index (χ1n) is 8.70. The fraction of sp³-hybridized carbons (Fsp3) is 0.316. The van der Waals surface area contributed by atoms with E-state index in [0.717, 1.165) is 12.1 Å². The van der Waals surface area contributed by atoms with Crippen LogP contribution in [0.1, 0.15) is 32.4 Å². The third kappa shape index (κ3) is 4.81. The van der Waals surface area contributed by atoms with Gasteiger partial charge in [0.05, 0.1) is 5.75 Å². The van der Waals surface area contributed by atoms with Gasteiger partial charge in [-0.15, -0.1) is 10.2 Å². The zero-order valence-electron chi connectivity index (χ0n) is 15.4. The third-order valence-electron chi connectivity index (χ3n) is 3.95. The van der Waals surface area contributed by atoms with Gasteiger partial charge in [-0.25, -0.2) is 0 Å². The molecule has 0 aliphatic carbocycles. The number of hydrogen-bond acceptors (Lipinski definition) is 5. The molecule has 0 unspecified atom stereocenters. The van der Waals surface area contributed by atoms with Gasteiger partial charge in [0.25, 0.3) is 0 Å². The number of aryl methyl sites for hydroxylation is 1. The van der Waals surface area contributed by atoms with E-state index in [-0.39, 0.29) is 17.7 Å². The van der Waals surface area contributed by atoms with Crippen LogP contribution in [0.15, 0.2) is 50.6 Å². The standard InChI is InChI=1S/C19H21BrN4O2S/c1-4-13-5-7-14(8-6-13)21-17(25)11-27-19-23-22-18(24(19)12(2)3)15-9-10-16(20)26-15/h5-10,12H,4,11H2,1-3H3,(H,21,25). The first-order valence-corrected chi connectivity index (χ1v) is 10.5. The number of furan rings is 1. The van der Waals surface area contributed by atoms with Crippen molar-refractivity contribution < 1.29 is 9.21 Å². The number of amides is 1. The predicted molar refractivity (Wildman–Crippen MR) is 111 cm³/mol. The van der Waals surface area contributed by atoms with E-state index >= 15 is 0 Å². The summed E-state index contributed by atoms with van der Waals surface area (Å²) in [5.41, 5.74) is 2.04. The van der Waals surface area contributed by atoms with E-state index in [1.807, 2.05) is 54.8 Å². The second-order valence-corrected chi connectivity index (χ2v) is 7.99. The molecule has 0 saturated carbocycles. The lowest BCUT2D eigenvalue weighted by atomic mass is 10.1. The number of benzene rings is 1. The van der Waals surface area contributed by atoms with Crippen LogP contribution in [0.25, 0.3) is 11.6 Å². The van der Waals surface area contributed by atoms with Gasteiger partial charge in [-0.3, -0.25) is 9.36 Å². The Balaban J connectivity index is 1.68. The largest absolute Gasteiger partial charge is 0.446 e.